The second-order valence-corrected chi connectivity index (χ2v) is 5.82. The van der Waals surface area contributed by atoms with Gasteiger partial charge in [0.05, 0.1) is 24.9 Å². The molecule has 0 atom stereocenters. The van der Waals surface area contributed by atoms with Crippen LogP contribution in [0.15, 0.2) is 66.4 Å². The molecule has 0 saturated carbocycles. The van der Waals surface area contributed by atoms with Gasteiger partial charge in [0.15, 0.2) is 0 Å². The third-order valence-corrected chi connectivity index (χ3v) is 3.94. The van der Waals surface area contributed by atoms with Gasteiger partial charge in [-0.05, 0) is 47.9 Å². The number of carbonyl (C=O) groups excluding carboxylic acids is 1. The Morgan fingerprint density at radius 2 is 1.96 bits per heavy atom. The van der Waals surface area contributed by atoms with Crippen molar-refractivity contribution in [2.24, 2.45) is 0 Å². The maximum atomic E-state index is 13.6. The van der Waals surface area contributed by atoms with Crippen molar-refractivity contribution in [2.45, 2.75) is 13.5 Å². The molecule has 0 amide bonds. The van der Waals surface area contributed by atoms with Crippen LogP contribution < -0.4 is 5.43 Å². The van der Waals surface area contributed by atoms with E-state index in [4.69, 9.17) is 4.74 Å². The Bertz CT molecular complexity index is 844. The van der Waals surface area contributed by atoms with E-state index in [9.17, 15) is 9.18 Å². The summed E-state index contributed by atoms with van der Waals surface area (Å²) in [6.07, 6.45) is 3.42. The van der Waals surface area contributed by atoms with Crippen molar-refractivity contribution in [1.82, 2.24) is 10.4 Å². The summed E-state index contributed by atoms with van der Waals surface area (Å²) in [5, 5.41) is 1.82. The zero-order chi connectivity index (χ0) is 17.8. The molecular weight excluding hydrogens is 319 g/mol. The molecule has 0 radical (unpaired) electrons. The molecule has 1 N–H and O–H groups in total. The van der Waals surface area contributed by atoms with E-state index in [-0.39, 0.29) is 5.82 Å². The van der Waals surface area contributed by atoms with Crippen LogP contribution in [0.2, 0.25) is 0 Å². The smallest absolute Gasteiger partial charge is 0.339 e. The minimum atomic E-state index is -0.420. The van der Waals surface area contributed by atoms with Gasteiger partial charge in [0.25, 0.3) is 0 Å². The lowest BCUT2D eigenvalue weighted by molar-refractivity contribution is -0.135. The third kappa shape index (κ3) is 3.88. The molecule has 0 saturated heterocycles. The molecule has 1 aliphatic rings. The van der Waals surface area contributed by atoms with E-state index in [1.54, 1.807) is 31.3 Å². The van der Waals surface area contributed by atoms with Crippen molar-refractivity contribution in [1.29, 1.82) is 0 Å². The number of ether oxygens (including phenoxy) is 1. The summed E-state index contributed by atoms with van der Waals surface area (Å²) in [5.41, 5.74) is 6.83. The first-order valence-electron chi connectivity index (χ1n) is 7.92. The Morgan fingerprint density at radius 3 is 2.64 bits per heavy atom. The van der Waals surface area contributed by atoms with Gasteiger partial charge in [-0.1, -0.05) is 30.3 Å². The van der Waals surface area contributed by atoms with Crippen LogP contribution in [0.4, 0.5) is 4.39 Å². The molecule has 4 nitrogen and oxygen atoms in total. The Kier molecular flexibility index (Phi) is 4.84. The molecule has 1 heterocycles. The first kappa shape index (κ1) is 16.8. The maximum absolute atomic E-state index is 13.6. The minimum absolute atomic E-state index is 0.259. The molecule has 1 aliphatic heterocycles. The topological polar surface area (TPSA) is 41.6 Å². The van der Waals surface area contributed by atoms with Gasteiger partial charge in [-0.3, -0.25) is 10.4 Å². The molecule has 3 rings (SSSR count). The van der Waals surface area contributed by atoms with Crippen molar-refractivity contribution < 1.29 is 13.9 Å². The Balaban J connectivity index is 1.92. The van der Waals surface area contributed by atoms with E-state index >= 15 is 0 Å². The summed E-state index contributed by atoms with van der Waals surface area (Å²) >= 11 is 0. The number of aryl methyl sites for hydroxylation is 1. The van der Waals surface area contributed by atoms with Gasteiger partial charge in [-0.15, -0.1) is 0 Å². The number of hydrogen-bond donors (Lipinski definition) is 1. The summed E-state index contributed by atoms with van der Waals surface area (Å²) in [6.45, 7) is 2.28. The second-order valence-electron chi connectivity index (χ2n) is 5.82. The lowest BCUT2D eigenvalue weighted by Crippen LogP contribution is -2.35. The zero-order valence-corrected chi connectivity index (χ0v) is 14.1. The number of esters is 1. The van der Waals surface area contributed by atoms with Crippen molar-refractivity contribution in [3.63, 3.8) is 0 Å². The van der Waals surface area contributed by atoms with Crippen LogP contribution in [0.1, 0.15) is 16.7 Å². The monoisotopic (exact) mass is 338 g/mol. The first-order valence-corrected chi connectivity index (χ1v) is 7.92. The minimum Gasteiger partial charge on any atom is -0.465 e. The van der Waals surface area contributed by atoms with Crippen molar-refractivity contribution in [3.05, 3.63) is 88.9 Å². The van der Waals surface area contributed by atoms with Gasteiger partial charge >= 0.3 is 5.97 Å². The summed E-state index contributed by atoms with van der Waals surface area (Å²) in [6, 6.07) is 14.7. The summed E-state index contributed by atoms with van der Waals surface area (Å²) in [4.78, 5) is 12.0. The largest absolute Gasteiger partial charge is 0.465 e. The van der Waals surface area contributed by atoms with Crippen molar-refractivity contribution in [3.8, 4) is 0 Å². The molecule has 2 aromatic rings. The number of halogens is 1. The van der Waals surface area contributed by atoms with Crippen LogP contribution in [-0.4, -0.2) is 18.1 Å². The van der Waals surface area contributed by atoms with Crippen LogP contribution in [0.25, 0.3) is 5.70 Å². The zero-order valence-electron chi connectivity index (χ0n) is 14.1. The molecular formula is C20H19FN2O2. The normalized spacial score (nSPS) is 13.6. The summed E-state index contributed by atoms with van der Waals surface area (Å²) in [7, 11) is 1.35. The van der Waals surface area contributed by atoms with Crippen LogP contribution in [0, 0.1) is 12.7 Å². The van der Waals surface area contributed by atoms with Crippen LogP contribution in [0.5, 0.6) is 0 Å². The quantitative estimate of drug-likeness (QED) is 0.866. The number of rotatable bonds is 4. The van der Waals surface area contributed by atoms with E-state index in [2.05, 4.69) is 5.43 Å². The number of hydrazine groups is 1. The highest BCUT2D eigenvalue weighted by Crippen LogP contribution is 2.22. The highest BCUT2D eigenvalue weighted by Gasteiger charge is 2.18. The number of carbonyl (C=O) groups is 1. The number of nitrogens with one attached hydrogen (secondary N) is 1. The fourth-order valence-electron chi connectivity index (χ4n) is 2.63. The average molecular weight is 338 g/mol. The molecule has 0 fully saturated rings. The molecule has 0 aromatic heterocycles. The van der Waals surface area contributed by atoms with Gasteiger partial charge in [0.2, 0.25) is 0 Å². The molecule has 0 bridgehead atoms. The lowest BCUT2D eigenvalue weighted by Gasteiger charge is -2.29. The molecule has 0 spiro atoms. The number of benzene rings is 2. The van der Waals surface area contributed by atoms with E-state index in [1.165, 1.54) is 13.2 Å². The van der Waals surface area contributed by atoms with Gasteiger partial charge in [0, 0.05) is 6.20 Å². The van der Waals surface area contributed by atoms with Crippen LogP contribution >= 0.6 is 0 Å². The number of nitrogens with zero attached hydrogens (tertiary/aromatic N) is 1. The van der Waals surface area contributed by atoms with Crippen LogP contribution in [0.3, 0.4) is 0 Å². The van der Waals surface area contributed by atoms with Gasteiger partial charge in [0.1, 0.15) is 5.82 Å². The molecule has 0 unspecified atom stereocenters. The SMILES string of the molecule is COC(=O)C1=CN(Cc2ccccc2)NC(c2ccc(F)c(C)c2)=C1. The highest BCUT2D eigenvalue weighted by atomic mass is 19.1. The summed E-state index contributed by atoms with van der Waals surface area (Å²) in [5.74, 6) is -0.680. The van der Waals surface area contributed by atoms with E-state index in [0.717, 1.165) is 11.1 Å². The third-order valence-electron chi connectivity index (χ3n) is 3.94. The second kappa shape index (κ2) is 7.21. The summed E-state index contributed by atoms with van der Waals surface area (Å²) < 4.78 is 18.4. The van der Waals surface area contributed by atoms with Crippen molar-refractivity contribution in [2.75, 3.05) is 7.11 Å². The predicted molar refractivity (Wildman–Crippen MR) is 94.3 cm³/mol. The van der Waals surface area contributed by atoms with E-state index < -0.39 is 5.97 Å². The molecule has 25 heavy (non-hydrogen) atoms. The standard InChI is InChI=1S/C20H19FN2O2/c1-14-10-16(8-9-18(14)21)19-11-17(20(24)25-2)13-23(22-19)12-15-6-4-3-5-7-15/h3-11,13,22H,12H2,1-2H3. The van der Waals surface area contributed by atoms with E-state index in [0.29, 0.717) is 23.4 Å². The average Bonchev–Trinajstić information content (AvgIpc) is 2.64. The molecule has 2 aromatic carbocycles. The highest BCUT2D eigenvalue weighted by molar-refractivity contribution is 5.94. The Morgan fingerprint density at radius 1 is 1.20 bits per heavy atom. The molecule has 128 valence electrons. The lowest BCUT2D eigenvalue weighted by atomic mass is 10.1. The molecule has 0 aliphatic carbocycles. The fourth-order valence-corrected chi connectivity index (χ4v) is 2.63. The van der Waals surface area contributed by atoms with Gasteiger partial charge < -0.3 is 4.74 Å². The van der Waals surface area contributed by atoms with E-state index in [1.807, 2.05) is 35.3 Å². The Hall–Kier alpha value is -3.08. The predicted octanol–water partition coefficient (Wildman–Crippen LogP) is 3.55. The maximum Gasteiger partial charge on any atom is 0.339 e. The van der Waals surface area contributed by atoms with Crippen molar-refractivity contribution >= 4 is 11.7 Å². The number of hydrogen-bond acceptors (Lipinski definition) is 4. The first-order chi connectivity index (χ1) is 12.1. The fraction of sp³-hybridized carbons (Fsp3) is 0.150. The molecule has 5 heteroatoms. The number of methoxy groups -OCH3 is 1. The van der Waals surface area contributed by atoms with Gasteiger partial charge in [-0.2, -0.15) is 0 Å². The van der Waals surface area contributed by atoms with Gasteiger partial charge in [-0.25, -0.2) is 9.18 Å². The Labute approximate surface area is 146 Å². The van der Waals surface area contributed by atoms with Crippen LogP contribution in [-0.2, 0) is 16.1 Å².